The number of nitrogens with zero attached hydrogens (tertiary/aromatic N) is 1. The average molecular weight is 300 g/mol. The van der Waals surface area contributed by atoms with Crippen molar-refractivity contribution in [3.05, 3.63) is 51.5 Å². The molecule has 1 aliphatic carbocycles. The molecule has 0 aliphatic heterocycles. The summed E-state index contributed by atoms with van der Waals surface area (Å²) in [7, 11) is 0. The summed E-state index contributed by atoms with van der Waals surface area (Å²) < 4.78 is 0. The lowest BCUT2D eigenvalue weighted by Crippen LogP contribution is -2.33. The molecule has 0 radical (unpaired) electrons. The van der Waals surface area contributed by atoms with Crippen molar-refractivity contribution in [1.29, 1.82) is 0 Å². The van der Waals surface area contributed by atoms with Gasteiger partial charge in [-0.3, -0.25) is 0 Å². The summed E-state index contributed by atoms with van der Waals surface area (Å²) in [5, 5.41) is 4.97. The van der Waals surface area contributed by atoms with Gasteiger partial charge in [-0.1, -0.05) is 37.3 Å². The van der Waals surface area contributed by atoms with E-state index in [0.717, 1.165) is 24.8 Å². The Morgan fingerprint density at radius 1 is 1.29 bits per heavy atom. The molecular weight excluding hydrogens is 276 g/mol. The van der Waals surface area contributed by atoms with Gasteiger partial charge in [0.1, 0.15) is 0 Å². The van der Waals surface area contributed by atoms with Gasteiger partial charge in [0.25, 0.3) is 0 Å². The van der Waals surface area contributed by atoms with Crippen molar-refractivity contribution in [2.24, 2.45) is 5.92 Å². The van der Waals surface area contributed by atoms with Crippen molar-refractivity contribution in [2.75, 3.05) is 6.54 Å². The molecule has 1 N–H and O–H groups in total. The van der Waals surface area contributed by atoms with Gasteiger partial charge >= 0.3 is 0 Å². The van der Waals surface area contributed by atoms with Crippen LogP contribution in [0.2, 0.25) is 0 Å². The third kappa shape index (κ3) is 3.35. The van der Waals surface area contributed by atoms with Crippen LogP contribution in [0.15, 0.2) is 30.3 Å². The van der Waals surface area contributed by atoms with Crippen LogP contribution < -0.4 is 5.32 Å². The minimum Gasteiger partial charge on any atom is -0.314 e. The standard InChI is InChI=1S/C18H24N2S/c1-4-19-17(11-18-20-12(2)13(3)21-18)16-10-15(16)14-8-6-5-7-9-14/h5-9,15-17,19H,4,10-11H2,1-3H3. The smallest absolute Gasteiger partial charge is 0.0946 e. The van der Waals surface area contributed by atoms with E-state index in [-0.39, 0.29) is 0 Å². The molecule has 3 unspecified atom stereocenters. The zero-order valence-corrected chi connectivity index (χ0v) is 13.9. The van der Waals surface area contributed by atoms with Crippen LogP contribution in [0.5, 0.6) is 0 Å². The Hall–Kier alpha value is -1.19. The van der Waals surface area contributed by atoms with Gasteiger partial charge in [0.15, 0.2) is 0 Å². The van der Waals surface area contributed by atoms with E-state index < -0.39 is 0 Å². The zero-order valence-electron chi connectivity index (χ0n) is 13.1. The Morgan fingerprint density at radius 2 is 2.05 bits per heavy atom. The third-order valence-electron chi connectivity index (χ3n) is 4.52. The lowest BCUT2D eigenvalue weighted by atomic mass is 10.0. The van der Waals surface area contributed by atoms with Crippen LogP contribution in [0.25, 0.3) is 0 Å². The molecule has 0 amide bonds. The molecule has 1 aromatic heterocycles. The molecule has 0 saturated heterocycles. The summed E-state index contributed by atoms with van der Waals surface area (Å²) in [6.07, 6.45) is 2.38. The lowest BCUT2D eigenvalue weighted by molar-refractivity contribution is 0.463. The molecule has 1 fully saturated rings. The molecule has 1 saturated carbocycles. The maximum Gasteiger partial charge on any atom is 0.0946 e. The molecule has 21 heavy (non-hydrogen) atoms. The first-order valence-corrected chi connectivity index (χ1v) is 8.72. The Morgan fingerprint density at radius 3 is 2.67 bits per heavy atom. The number of aromatic nitrogens is 1. The average Bonchev–Trinajstić information content (AvgIpc) is 3.21. The van der Waals surface area contributed by atoms with E-state index >= 15 is 0 Å². The highest BCUT2D eigenvalue weighted by atomic mass is 32.1. The summed E-state index contributed by atoms with van der Waals surface area (Å²) in [5.41, 5.74) is 2.69. The third-order valence-corrected chi connectivity index (χ3v) is 5.61. The normalized spacial score (nSPS) is 22.2. The number of thiazole rings is 1. The highest BCUT2D eigenvalue weighted by molar-refractivity contribution is 7.11. The van der Waals surface area contributed by atoms with Crippen LogP contribution in [-0.4, -0.2) is 17.6 Å². The Kier molecular flexibility index (Phi) is 4.41. The first kappa shape index (κ1) is 14.7. The highest BCUT2D eigenvalue weighted by Crippen LogP contribution is 2.50. The molecule has 2 aromatic rings. The number of rotatable bonds is 6. The summed E-state index contributed by atoms with van der Waals surface area (Å²) in [4.78, 5) is 6.08. The van der Waals surface area contributed by atoms with Crippen molar-refractivity contribution in [3.8, 4) is 0 Å². The molecule has 1 aromatic carbocycles. The lowest BCUT2D eigenvalue weighted by Gasteiger charge is -2.17. The Balaban J connectivity index is 1.68. The molecule has 2 nitrogen and oxygen atoms in total. The maximum atomic E-state index is 4.72. The quantitative estimate of drug-likeness (QED) is 0.869. The van der Waals surface area contributed by atoms with Gasteiger partial charge < -0.3 is 5.32 Å². The van der Waals surface area contributed by atoms with Gasteiger partial charge in [-0.25, -0.2) is 4.98 Å². The second-order valence-electron chi connectivity index (χ2n) is 6.03. The second-order valence-corrected chi connectivity index (χ2v) is 7.32. The van der Waals surface area contributed by atoms with Crippen molar-refractivity contribution >= 4 is 11.3 Å². The molecule has 3 atom stereocenters. The minimum atomic E-state index is 0.560. The summed E-state index contributed by atoms with van der Waals surface area (Å²) >= 11 is 1.86. The van der Waals surface area contributed by atoms with Crippen molar-refractivity contribution in [1.82, 2.24) is 10.3 Å². The minimum absolute atomic E-state index is 0.560. The van der Waals surface area contributed by atoms with E-state index in [1.54, 1.807) is 0 Å². The van der Waals surface area contributed by atoms with Crippen LogP contribution in [0.1, 0.15) is 40.4 Å². The number of nitrogens with one attached hydrogen (secondary N) is 1. The fourth-order valence-electron chi connectivity index (χ4n) is 3.19. The van der Waals surface area contributed by atoms with Gasteiger partial charge in [-0.2, -0.15) is 0 Å². The fraction of sp³-hybridized carbons (Fsp3) is 0.500. The number of aryl methyl sites for hydroxylation is 2. The summed E-state index contributed by atoms with van der Waals surface area (Å²) in [6.45, 7) is 7.52. The zero-order chi connectivity index (χ0) is 14.8. The van der Waals surface area contributed by atoms with E-state index in [2.05, 4.69) is 56.4 Å². The fourth-order valence-corrected chi connectivity index (χ4v) is 4.19. The molecule has 3 rings (SSSR count). The maximum absolute atomic E-state index is 4.72. The number of hydrogen-bond donors (Lipinski definition) is 1. The van der Waals surface area contributed by atoms with E-state index in [1.807, 2.05) is 11.3 Å². The van der Waals surface area contributed by atoms with Gasteiger partial charge in [0.2, 0.25) is 0 Å². The highest BCUT2D eigenvalue weighted by Gasteiger charge is 2.43. The second kappa shape index (κ2) is 6.29. The van der Waals surface area contributed by atoms with E-state index in [4.69, 9.17) is 4.98 Å². The molecule has 1 aliphatic rings. The van der Waals surface area contributed by atoms with Gasteiger partial charge in [0, 0.05) is 17.3 Å². The molecule has 0 bridgehead atoms. The van der Waals surface area contributed by atoms with Crippen LogP contribution in [-0.2, 0) is 6.42 Å². The topological polar surface area (TPSA) is 24.9 Å². The SMILES string of the molecule is CCNC(Cc1nc(C)c(C)s1)C1CC1c1ccccc1. The van der Waals surface area contributed by atoms with Crippen LogP contribution in [0, 0.1) is 19.8 Å². The van der Waals surface area contributed by atoms with Gasteiger partial charge in [-0.15, -0.1) is 11.3 Å². The van der Waals surface area contributed by atoms with E-state index in [1.165, 1.54) is 27.6 Å². The van der Waals surface area contributed by atoms with Crippen LogP contribution in [0.4, 0.5) is 0 Å². The van der Waals surface area contributed by atoms with Gasteiger partial charge in [0.05, 0.1) is 10.7 Å². The predicted molar refractivity (Wildman–Crippen MR) is 90.0 cm³/mol. The van der Waals surface area contributed by atoms with Crippen LogP contribution >= 0.6 is 11.3 Å². The molecular formula is C18H24N2S. The number of likely N-dealkylation sites (N-methyl/N-ethyl adjacent to an activating group) is 1. The molecule has 3 heteroatoms. The first-order chi connectivity index (χ1) is 10.2. The number of hydrogen-bond acceptors (Lipinski definition) is 3. The summed E-state index contributed by atoms with van der Waals surface area (Å²) in [5.74, 6) is 1.49. The summed E-state index contributed by atoms with van der Waals surface area (Å²) in [6, 6.07) is 11.5. The first-order valence-electron chi connectivity index (χ1n) is 7.90. The van der Waals surface area contributed by atoms with Gasteiger partial charge in [-0.05, 0) is 44.2 Å². The predicted octanol–water partition coefficient (Wildman–Crippen LogP) is 4.08. The monoisotopic (exact) mass is 300 g/mol. The van der Waals surface area contributed by atoms with E-state index in [0.29, 0.717) is 6.04 Å². The largest absolute Gasteiger partial charge is 0.314 e. The molecule has 1 heterocycles. The Bertz CT molecular complexity index is 571. The van der Waals surface area contributed by atoms with Crippen molar-refractivity contribution in [3.63, 3.8) is 0 Å². The Labute approximate surface area is 131 Å². The van der Waals surface area contributed by atoms with E-state index in [9.17, 15) is 0 Å². The molecule has 112 valence electrons. The number of benzene rings is 1. The van der Waals surface area contributed by atoms with Crippen molar-refractivity contribution in [2.45, 2.75) is 45.6 Å². The van der Waals surface area contributed by atoms with Crippen molar-refractivity contribution < 1.29 is 0 Å². The van der Waals surface area contributed by atoms with Crippen LogP contribution in [0.3, 0.4) is 0 Å². The molecule has 0 spiro atoms.